The van der Waals surface area contributed by atoms with Gasteiger partial charge in [-0.1, -0.05) is 6.92 Å². The maximum atomic E-state index is 5.98. The summed E-state index contributed by atoms with van der Waals surface area (Å²) in [7, 11) is 0. The lowest BCUT2D eigenvalue weighted by atomic mass is 10.1. The Balaban J connectivity index is 2.19. The lowest BCUT2D eigenvalue weighted by Gasteiger charge is -2.40. The van der Waals surface area contributed by atoms with E-state index in [0.29, 0.717) is 18.6 Å². The van der Waals surface area contributed by atoms with E-state index in [2.05, 4.69) is 39.2 Å². The summed E-state index contributed by atoms with van der Waals surface area (Å²) in [6, 6.07) is 2.91. The fourth-order valence-electron chi connectivity index (χ4n) is 2.37. The second-order valence-corrected chi connectivity index (χ2v) is 6.06. The molecule has 96 valence electrons. The fourth-order valence-corrected chi connectivity index (χ4v) is 4.14. The number of hydrogen-bond acceptors (Lipinski definition) is 4. The summed E-state index contributed by atoms with van der Waals surface area (Å²) in [4.78, 5) is 3.84. The molecule has 0 bridgehead atoms. The number of thiophene rings is 1. The third kappa shape index (κ3) is 2.90. The molecule has 0 amide bonds. The topological polar surface area (TPSA) is 38.5 Å². The van der Waals surface area contributed by atoms with Gasteiger partial charge in [-0.25, -0.2) is 0 Å². The number of halogens is 1. The molecule has 1 saturated heterocycles. The number of nitrogens with two attached hydrogens (primary N) is 1. The quantitative estimate of drug-likeness (QED) is 0.927. The number of hydrogen-bond donors (Lipinski definition) is 1. The highest BCUT2D eigenvalue weighted by molar-refractivity contribution is 9.10. The van der Waals surface area contributed by atoms with Crippen LogP contribution in [0.25, 0.3) is 0 Å². The van der Waals surface area contributed by atoms with E-state index < -0.39 is 0 Å². The third-order valence-electron chi connectivity index (χ3n) is 3.32. The first-order chi connectivity index (χ1) is 8.27. The minimum absolute atomic E-state index is 0.318. The molecule has 0 saturated carbocycles. The first kappa shape index (κ1) is 13.5. The average Bonchev–Trinajstić information content (AvgIpc) is 2.78. The molecule has 1 aliphatic rings. The van der Waals surface area contributed by atoms with Crippen molar-refractivity contribution in [3.8, 4) is 0 Å². The van der Waals surface area contributed by atoms with Gasteiger partial charge < -0.3 is 10.5 Å². The average molecular weight is 319 g/mol. The molecule has 3 nitrogen and oxygen atoms in total. The Kier molecular flexibility index (Phi) is 4.99. The van der Waals surface area contributed by atoms with Crippen molar-refractivity contribution in [3.05, 3.63) is 20.8 Å². The van der Waals surface area contributed by atoms with E-state index >= 15 is 0 Å². The summed E-state index contributed by atoms with van der Waals surface area (Å²) in [5.41, 5.74) is 5.98. The zero-order valence-electron chi connectivity index (χ0n) is 10.1. The van der Waals surface area contributed by atoms with Crippen LogP contribution in [0.1, 0.15) is 24.3 Å². The van der Waals surface area contributed by atoms with Crippen LogP contribution in [0.2, 0.25) is 0 Å². The van der Waals surface area contributed by atoms with Crippen LogP contribution in [-0.2, 0) is 4.74 Å². The molecule has 2 unspecified atom stereocenters. The molecule has 0 radical (unpaired) electrons. The molecular weight excluding hydrogens is 300 g/mol. The molecule has 0 aromatic carbocycles. The van der Waals surface area contributed by atoms with E-state index in [1.165, 1.54) is 9.35 Å². The largest absolute Gasteiger partial charge is 0.378 e. The van der Waals surface area contributed by atoms with E-state index in [-0.39, 0.29) is 0 Å². The Morgan fingerprint density at radius 2 is 2.53 bits per heavy atom. The van der Waals surface area contributed by atoms with Crippen molar-refractivity contribution < 1.29 is 4.74 Å². The second kappa shape index (κ2) is 6.29. The second-order valence-electron chi connectivity index (χ2n) is 4.26. The summed E-state index contributed by atoms with van der Waals surface area (Å²) in [5, 5.41) is 2.11. The van der Waals surface area contributed by atoms with E-state index in [1.807, 2.05) is 0 Å². The highest BCUT2D eigenvalue weighted by Gasteiger charge is 2.30. The van der Waals surface area contributed by atoms with E-state index in [9.17, 15) is 0 Å². The molecule has 1 fully saturated rings. The molecular formula is C12H19BrN2OS. The van der Waals surface area contributed by atoms with Crippen LogP contribution in [0.4, 0.5) is 0 Å². The van der Waals surface area contributed by atoms with E-state index in [0.717, 1.165) is 26.2 Å². The van der Waals surface area contributed by atoms with Crippen molar-refractivity contribution in [2.75, 3.05) is 26.3 Å². The Bertz CT molecular complexity index is 358. The zero-order valence-corrected chi connectivity index (χ0v) is 12.5. The minimum Gasteiger partial charge on any atom is -0.378 e. The van der Waals surface area contributed by atoms with Crippen LogP contribution < -0.4 is 5.73 Å². The lowest BCUT2D eigenvalue weighted by Crippen LogP contribution is -2.48. The molecule has 2 rings (SSSR count). The number of nitrogens with zero attached hydrogens (tertiary/aromatic N) is 1. The fraction of sp³-hybridized carbons (Fsp3) is 0.667. The van der Waals surface area contributed by atoms with Gasteiger partial charge >= 0.3 is 0 Å². The SMILES string of the molecule is CCC1COCCN1C(CN)c1sccc1Br. The van der Waals surface area contributed by atoms with Crippen LogP contribution in [-0.4, -0.2) is 37.2 Å². The van der Waals surface area contributed by atoms with Crippen LogP contribution >= 0.6 is 27.3 Å². The monoisotopic (exact) mass is 318 g/mol. The summed E-state index contributed by atoms with van der Waals surface area (Å²) < 4.78 is 6.73. The normalized spacial score (nSPS) is 23.8. The van der Waals surface area contributed by atoms with Crippen LogP contribution in [0.15, 0.2) is 15.9 Å². The standard InChI is InChI=1S/C12H19BrN2OS/c1-2-9-8-16-5-4-15(9)11(7-14)12-10(13)3-6-17-12/h3,6,9,11H,2,4-5,7-8,14H2,1H3. The van der Waals surface area contributed by atoms with Gasteiger partial charge in [-0.2, -0.15) is 0 Å². The predicted octanol–water partition coefficient (Wildman–Crippen LogP) is 2.62. The molecule has 1 aliphatic heterocycles. The predicted molar refractivity (Wildman–Crippen MR) is 75.4 cm³/mol. The summed E-state index contributed by atoms with van der Waals surface area (Å²) in [6.45, 7) is 5.50. The molecule has 2 heterocycles. The number of ether oxygens (including phenoxy) is 1. The van der Waals surface area contributed by atoms with Crippen LogP contribution in [0.5, 0.6) is 0 Å². The van der Waals surface area contributed by atoms with Crippen molar-refractivity contribution >= 4 is 27.3 Å². The lowest BCUT2D eigenvalue weighted by molar-refractivity contribution is -0.0285. The van der Waals surface area contributed by atoms with Gasteiger partial charge in [-0.15, -0.1) is 11.3 Å². The van der Waals surface area contributed by atoms with Crippen molar-refractivity contribution in [2.45, 2.75) is 25.4 Å². The first-order valence-corrected chi connectivity index (χ1v) is 7.71. The third-order valence-corrected chi connectivity index (χ3v) is 5.29. The van der Waals surface area contributed by atoms with Crippen molar-refractivity contribution in [1.82, 2.24) is 4.90 Å². The van der Waals surface area contributed by atoms with Crippen molar-refractivity contribution in [1.29, 1.82) is 0 Å². The van der Waals surface area contributed by atoms with Crippen LogP contribution in [0, 0.1) is 0 Å². The molecule has 5 heteroatoms. The van der Waals surface area contributed by atoms with Gasteiger partial charge in [0.15, 0.2) is 0 Å². The Hall–Kier alpha value is 0.0600. The Labute approximate surface area is 115 Å². The molecule has 0 aliphatic carbocycles. The Morgan fingerprint density at radius 1 is 1.71 bits per heavy atom. The van der Waals surface area contributed by atoms with Gasteiger partial charge in [0.25, 0.3) is 0 Å². The summed E-state index contributed by atoms with van der Waals surface area (Å²) >= 11 is 5.39. The zero-order chi connectivity index (χ0) is 12.3. The van der Waals surface area contributed by atoms with E-state index in [4.69, 9.17) is 10.5 Å². The minimum atomic E-state index is 0.318. The highest BCUT2D eigenvalue weighted by atomic mass is 79.9. The van der Waals surface area contributed by atoms with Gasteiger partial charge in [0.1, 0.15) is 0 Å². The number of rotatable bonds is 4. The van der Waals surface area contributed by atoms with Crippen molar-refractivity contribution in [3.63, 3.8) is 0 Å². The molecule has 2 atom stereocenters. The first-order valence-electron chi connectivity index (χ1n) is 6.04. The summed E-state index contributed by atoms with van der Waals surface area (Å²) in [5.74, 6) is 0. The van der Waals surface area contributed by atoms with Gasteiger partial charge in [0.05, 0.1) is 19.3 Å². The maximum Gasteiger partial charge on any atom is 0.0622 e. The highest BCUT2D eigenvalue weighted by Crippen LogP contribution is 2.34. The van der Waals surface area contributed by atoms with Gasteiger partial charge in [-0.05, 0) is 33.8 Å². The smallest absolute Gasteiger partial charge is 0.0622 e. The van der Waals surface area contributed by atoms with Gasteiger partial charge in [0, 0.05) is 28.5 Å². The molecule has 1 aromatic heterocycles. The maximum absolute atomic E-state index is 5.98. The van der Waals surface area contributed by atoms with Crippen molar-refractivity contribution in [2.24, 2.45) is 5.73 Å². The number of morpholine rings is 1. The molecule has 1 aromatic rings. The van der Waals surface area contributed by atoms with Gasteiger partial charge in [-0.3, -0.25) is 4.90 Å². The Morgan fingerprint density at radius 3 is 3.12 bits per heavy atom. The molecule has 2 N–H and O–H groups in total. The summed E-state index contributed by atoms with van der Waals surface area (Å²) in [6.07, 6.45) is 1.11. The van der Waals surface area contributed by atoms with Crippen LogP contribution in [0.3, 0.4) is 0 Å². The van der Waals surface area contributed by atoms with Gasteiger partial charge in [0.2, 0.25) is 0 Å². The molecule has 0 spiro atoms. The van der Waals surface area contributed by atoms with E-state index in [1.54, 1.807) is 11.3 Å². The molecule has 17 heavy (non-hydrogen) atoms.